The summed E-state index contributed by atoms with van der Waals surface area (Å²) in [4.78, 5) is 38.0. The zero-order valence-electron chi connectivity index (χ0n) is 50.3. The summed E-state index contributed by atoms with van der Waals surface area (Å²) in [6.07, 6.45) is 84.9. The lowest BCUT2D eigenvalue weighted by atomic mass is 10.0. The summed E-state index contributed by atoms with van der Waals surface area (Å²) < 4.78 is 16.8. The molecule has 438 valence electrons. The van der Waals surface area contributed by atoms with Crippen LogP contribution in [0.25, 0.3) is 0 Å². The zero-order chi connectivity index (χ0) is 55.0. The van der Waals surface area contributed by atoms with Crippen molar-refractivity contribution < 1.29 is 28.6 Å². The van der Waals surface area contributed by atoms with Crippen molar-refractivity contribution in [1.82, 2.24) is 0 Å². The van der Waals surface area contributed by atoms with Crippen molar-refractivity contribution in [1.29, 1.82) is 0 Å². The maximum atomic E-state index is 12.9. The third-order valence-corrected chi connectivity index (χ3v) is 14.1. The first-order valence-electron chi connectivity index (χ1n) is 32.6. The molecule has 0 saturated heterocycles. The van der Waals surface area contributed by atoms with Crippen molar-refractivity contribution in [3.63, 3.8) is 0 Å². The zero-order valence-corrected chi connectivity index (χ0v) is 50.3. The average molecular weight is 1060 g/mol. The summed E-state index contributed by atoms with van der Waals surface area (Å²) in [6, 6.07) is 0. The number of ether oxygens (including phenoxy) is 3. The second kappa shape index (κ2) is 64.1. The lowest BCUT2D eigenvalue weighted by Crippen LogP contribution is -2.30. The minimum absolute atomic E-state index is 0.0766. The summed E-state index contributed by atoms with van der Waals surface area (Å²) in [5, 5.41) is 0. The Morgan fingerprint density at radius 3 is 0.803 bits per heavy atom. The Kier molecular flexibility index (Phi) is 61.2. The smallest absolute Gasteiger partial charge is 0.306 e. The number of esters is 3. The summed E-state index contributed by atoms with van der Waals surface area (Å²) in [5.74, 6) is -0.881. The average Bonchev–Trinajstić information content (AvgIpc) is 3.42. The molecule has 76 heavy (non-hydrogen) atoms. The fourth-order valence-electron chi connectivity index (χ4n) is 9.27. The molecule has 0 aromatic heterocycles. The molecule has 0 saturated carbocycles. The second-order valence-corrected chi connectivity index (χ2v) is 21.6. The molecule has 0 rings (SSSR count). The third kappa shape index (κ3) is 61.4. The Labute approximate surface area is 471 Å². The highest BCUT2D eigenvalue weighted by Crippen LogP contribution is 2.17. The molecule has 6 heteroatoms. The highest BCUT2D eigenvalue weighted by Gasteiger charge is 2.19. The number of carbonyl (C=O) groups is 3. The predicted octanol–water partition coefficient (Wildman–Crippen LogP) is 22.3. The molecule has 1 unspecified atom stereocenters. The van der Waals surface area contributed by atoms with Gasteiger partial charge in [0.15, 0.2) is 6.10 Å². The van der Waals surface area contributed by atoms with Crippen LogP contribution in [-0.2, 0) is 28.6 Å². The van der Waals surface area contributed by atoms with Gasteiger partial charge in [-0.25, -0.2) is 0 Å². The molecule has 0 bridgehead atoms. The van der Waals surface area contributed by atoms with Gasteiger partial charge in [-0.1, -0.05) is 292 Å². The van der Waals surface area contributed by atoms with Crippen LogP contribution < -0.4 is 0 Å². The van der Waals surface area contributed by atoms with Crippen molar-refractivity contribution in [3.8, 4) is 0 Å². The van der Waals surface area contributed by atoms with Gasteiger partial charge in [0.25, 0.3) is 0 Å². The van der Waals surface area contributed by atoms with Gasteiger partial charge in [0.1, 0.15) is 13.2 Å². The van der Waals surface area contributed by atoms with Gasteiger partial charge in [-0.15, -0.1) is 0 Å². The highest BCUT2D eigenvalue weighted by atomic mass is 16.6. The van der Waals surface area contributed by atoms with Crippen LogP contribution in [0.1, 0.15) is 323 Å². The van der Waals surface area contributed by atoms with Crippen molar-refractivity contribution in [2.75, 3.05) is 13.2 Å². The maximum Gasteiger partial charge on any atom is 0.306 e. The minimum Gasteiger partial charge on any atom is -0.462 e. The van der Waals surface area contributed by atoms with Crippen LogP contribution in [0.5, 0.6) is 0 Å². The van der Waals surface area contributed by atoms with Crippen LogP contribution in [0, 0.1) is 0 Å². The second-order valence-electron chi connectivity index (χ2n) is 21.6. The van der Waals surface area contributed by atoms with Crippen molar-refractivity contribution in [3.05, 3.63) is 85.1 Å². The number of hydrogen-bond donors (Lipinski definition) is 0. The van der Waals surface area contributed by atoms with Gasteiger partial charge in [0.05, 0.1) is 0 Å². The van der Waals surface area contributed by atoms with E-state index in [0.29, 0.717) is 19.3 Å². The van der Waals surface area contributed by atoms with E-state index in [0.717, 1.165) is 103 Å². The molecule has 0 aliphatic carbocycles. The molecule has 0 aliphatic rings. The molecule has 0 aromatic rings. The highest BCUT2D eigenvalue weighted by molar-refractivity contribution is 5.71. The largest absolute Gasteiger partial charge is 0.462 e. The summed E-state index contributed by atoms with van der Waals surface area (Å²) in [7, 11) is 0. The Hall–Kier alpha value is -3.41. The third-order valence-electron chi connectivity index (χ3n) is 14.1. The van der Waals surface area contributed by atoms with Crippen molar-refractivity contribution in [2.45, 2.75) is 329 Å². The van der Waals surface area contributed by atoms with Gasteiger partial charge in [0, 0.05) is 19.3 Å². The first-order valence-corrected chi connectivity index (χ1v) is 32.6. The molecule has 0 aliphatic heterocycles. The Morgan fingerprint density at radius 2 is 0.513 bits per heavy atom. The normalized spacial score (nSPS) is 12.6. The van der Waals surface area contributed by atoms with Gasteiger partial charge in [0.2, 0.25) is 0 Å². The summed E-state index contributed by atoms with van der Waals surface area (Å²) in [6.45, 7) is 6.48. The molecule has 0 spiro atoms. The Bertz CT molecular complexity index is 1450. The monoisotopic (exact) mass is 1060 g/mol. The van der Waals surface area contributed by atoms with Crippen LogP contribution in [0.4, 0.5) is 0 Å². The van der Waals surface area contributed by atoms with Gasteiger partial charge in [-0.2, -0.15) is 0 Å². The van der Waals surface area contributed by atoms with Gasteiger partial charge >= 0.3 is 17.9 Å². The Morgan fingerprint density at radius 1 is 0.276 bits per heavy atom. The van der Waals surface area contributed by atoms with Gasteiger partial charge < -0.3 is 14.2 Å². The van der Waals surface area contributed by atoms with E-state index in [1.165, 1.54) is 180 Å². The fourth-order valence-corrected chi connectivity index (χ4v) is 9.27. The van der Waals surface area contributed by atoms with E-state index >= 15 is 0 Å². The molecule has 0 N–H and O–H groups in total. The number of carbonyl (C=O) groups excluding carboxylic acids is 3. The molecular weight excluding hydrogens is 937 g/mol. The number of unbranched alkanes of at least 4 members (excludes halogenated alkanes) is 34. The predicted molar refractivity (Wildman–Crippen MR) is 330 cm³/mol. The van der Waals surface area contributed by atoms with E-state index in [4.69, 9.17) is 14.2 Å². The molecule has 0 aromatic carbocycles. The number of rotatable bonds is 59. The van der Waals surface area contributed by atoms with Crippen molar-refractivity contribution >= 4 is 17.9 Å². The van der Waals surface area contributed by atoms with Gasteiger partial charge in [-0.05, 0) is 96.3 Å². The quantitative estimate of drug-likeness (QED) is 0.0261. The molecule has 1 atom stereocenters. The lowest BCUT2D eigenvalue weighted by Gasteiger charge is -2.18. The van der Waals surface area contributed by atoms with E-state index < -0.39 is 6.10 Å². The van der Waals surface area contributed by atoms with Gasteiger partial charge in [-0.3, -0.25) is 14.4 Å². The Balaban J connectivity index is 4.08. The van der Waals surface area contributed by atoms with Crippen LogP contribution in [-0.4, -0.2) is 37.2 Å². The maximum absolute atomic E-state index is 12.9. The lowest BCUT2D eigenvalue weighted by molar-refractivity contribution is -0.167. The number of hydrogen-bond acceptors (Lipinski definition) is 6. The topological polar surface area (TPSA) is 78.9 Å². The minimum atomic E-state index is -0.777. The van der Waals surface area contributed by atoms with Crippen molar-refractivity contribution in [2.24, 2.45) is 0 Å². The van der Waals surface area contributed by atoms with Crippen LogP contribution in [0.15, 0.2) is 85.1 Å². The molecule has 6 nitrogen and oxygen atoms in total. The first kappa shape index (κ1) is 72.6. The standard InChI is InChI=1S/C70H122O6/c1-4-7-10-13-16-18-20-22-24-26-28-30-32-34-35-37-38-40-42-44-46-48-50-52-54-57-60-63-69(72)75-66-67(65-74-68(71)62-59-56-15-12-9-6-3)76-70(73)64-61-58-55-53-51-49-47-45-43-41-39-36-33-31-29-27-25-23-21-19-17-14-11-8-5-2/h8,11,17,19-20,22-23,25-26,28-29,31,36,39,67H,4-7,9-10,12-16,18,21,24,27,30,32-35,37-38,40-66H2,1-3H3/b11-8-,19-17-,22-20-,25-23-,28-26-,31-29-,39-36-. The SMILES string of the molecule is CC/C=C\C/C=C\C/C=C\C/C=C\C/C=C\CCCCCCCCCCCC(=O)OC(COC(=O)CCCCCCCC)COC(=O)CCCCCCCCCCCCCCCCC/C=C\C/C=C\CCCCCCC. The van der Waals surface area contributed by atoms with Crippen LogP contribution in [0.3, 0.4) is 0 Å². The van der Waals surface area contributed by atoms with E-state index in [1.807, 2.05) is 0 Å². The molecular formula is C70H122O6. The molecule has 0 amide bonds. The van der Waals surface area contributed by atoms with Crippen LogP contribution >= 0.6 is 0 Å². The van der Waals surface area contributed by atoms with E-state index in [-0.39, 0.29) is 31.1 Å². The fraction of sp³-hybridized carbons (Fsp3) is 0.757. The molecule has 0 radical (unpaired) electrons. The van der Waals surface area contributed by atoms with Crippen LogP contribution in [0.2, 0.25) is 0 Å². The summed E-state index contributed by atoms with van der Waals surface area (Å²) in [5.41, 5.74) is 0. The van der Waals surface area contributed by atoms with E-state index in [2.05, 4.69) is 106 Å². The summed E-state index contributed by atoms with van der Waals surface area (Å²) >= 11 is 0. The molecule has 0 heterocycles. The molecule has 0 fully saturated rings. The van der Waals surface area contributed by atoms with E-state index in [1.54, 1.807) is 0 Å². The van der Waals surface area contributed by atoms with E-state index in [9.17, 15) is 14.4 Å². The number of allylic oxidation sites excluding steroid dienone is 14. The first-order chi connectivity index (χ1) is 37.5.